The van der Waals surface area contributed by atoms with Gasteiger partial charge in [0, 0.05) is 12.1 Å². The Bertz CT molecular complexity index is 758. The van der Waals surface area contributed by atoms with Crippen LogP contribution < -0.4 is 19.5 Å². The van der Waals surface area contributed by atoms with Crippen molar-refractivity contribution in [2.45, 2.75) is 46.6 Å². The van der Waals surface area contributed by atoms with Crippen molar-refractivity contribution >= 4 is 5.91 Å². The van der Waals surface area contributed by atoms with E-state index < -0.39 is 0 Å². The second kappa shape index (κ2) is 11.2. The summed E-state index contributed by atoms with van der Waals surface area (Å²) in [5.74, 6) is 2.03. The number of carbonyl (C=O) groups is 1. The average molecular weight is 386 g/mol. The number of amides is 1. The molecule has 5 nitrogen and oxygen atoms in total. The Kier molecular flexibility index (Phi) is 8.66. The van der Waals surface area contributed by atoms with E-state index in [4.69, 9.17) is 14.2 Å². The molecule has 0 aliphatic heterocycles. The standard InChI is InChI=1S/C23H31NO4/c1-5-26-21-13-12-19(16-22(21)27-6-2)23(25)24-14-8-10-18-9-7-11-20(15-18)28-17(3)4/h7,9,11-13,15-17H,5-6,8,10,14H2,1-4H3,(H,24,25). The third kappa shape index (κ3) is 6.80. The zero-order valence-corrected chi connectivity index (χ0v) is 17.3. The number of ether oxygens (including phenoxy) is 3. The maximum atomic E-state index is 12.4. The van der Waals surface area contributed by atoms with Crippen molar-refractivity contribution in [1.29, 1.82) is 0 Å². The molecule has 2 rings (SSSR count). The molecule has 2 aromatic carbocycles. The molecule has 28 heavy (non-hydrogen) atoms. The molecule has 0 fully saturated rings. The van der Waals surface area contributed by atoms with Gasteiger partial charge in [0.25, 0.3) is 5.91 Å². The molecule has 5 heteroatoms. The maximum Gasteiger partial charge on any atom is 0.251 e. The van der Waals surface area contributed by atoms with E-state index in [2.05, 4.69) is 17.4 Å². The molecule has 0 spiro atoms. The molecule has 1 amide bonds. The first-order chi connectivity index (χ1) is 13.5. The molecular formula is C23H31NO4. The average Bonchev–Trinajstić information content (AvgIpc) is 2.66. The Morgan fingerprint density at radius 1 is 1.00 bits per heavy atom. The largest absolute Gasteiger partial charge is 0.491 e. The fourth-order valence-corrected chi connectivity index (χ4v) is 2.84. The fraction of sp³-hybridized carbons (Fsp3) is 0.435. The molecule has 0 aliphatic rings. The van der Waals surface area contributed by atoms with Gasteiger partial charge in [0.2, 0.25) is 0 Å². The van der Waals surface area contributed by atoms with Gasteiger partial charge >= 0.3 is 0 Å². The predicted molar refractivity (Wildman–Crippen MR) is 112 cm³/mol. The van der Waals surface area contributed by atoms with E-state index in [9.17, 15) is 4.79 Å². The van der Waals surface area contributed by atoms with Gasteiger partial charge in [0.1, 0.15) is 5.75 Å². The molecule has 0 saturated heterocycles. The molecule has 0 heterocycles. The lowest BCUT2D eigenvalue weighted by Gasteiger charge is -2.13. The predicted octanol–water partition coefficient (Wildman–Crippen LogP) is 4.63. The van der Waals surface area contributed by atoms with Gasteiger partial charge in [0.05, 0.1) is 19.3 Å². The summed E-state index contributed by atoms with van der Waals surface area (Å²) >= 11 is 0. The Morgan fingerprint density at radius 2 is 1.75 bits per heavy atom. The molecule has 0 radical (unpaired) electrons. The molecule has 0 aromatic heterocycles. The highest BCUT2D eigenvalue weighted by atomic mass is 16.5. The van der Waals surface area contributed by atoms with Crippen molar-refractivity contribution in [1.82, 2.24) is 5.32 Å². The Labute approximate surface area is 168 Å². The third-order valence-corrected chi connectivity index (χ3v) is 4.00. The lowest BCUT2D eigenvalue weighted by molar-refractivity contribution is 0.0952. The summed E-state index contributed by atoms with van der Waals surface area (Å²) in [5, 5.41) is 2.97. The van der Waals surface area contributed by atoms with Crippen LogP contribution in [0, 0.1) is 0 Å². The normalized spacial score (nSPS) is 10.6. The zero-order valence-electron chi connectivity index (χ0n) is 17.3. The van der Waals surface area contributed by atoms with Crippen LogP contribution in [0.5, 0.6) is 17.2 Å². The van der Waals surface area contributed by atoms with Crippen LogP contribution in [0.3, 0.4) is 0 Å². The summed E-state index contributed by atoms with van der Waals surface area (Å²) in [7, 11) is 0. The lowest BCUT2D eigenvalue weighted by Crippen LogP contribution is -2.24. The van der Waals surface area contributed by atoms with Gasteiger partial charge in [-0.1, -0.05) is 12.1 Å². The Morgan fingerprint density at radius 3 is 2.46 bits per heavy atom. The van der Waals surface area contributed by atoms with Crippen LogP contribution >= 0.6 is 0 Å². The minimum atomic E-state index is -0.110. The van der Waals surface area contributed by atoms with Crippen LogP contribution in [0.4, 0.5) is 0 Å². The van der Waals surface area contributed by atoms with Crippen LogP contribution in [-0.4, -0.2) is 31.8 Å². The molecule has 152 valence electrons. The van der Waals surface area contributed by atoms with Crippen molar-refractivity contribution in [2.24, 2.45) is 0 Å². The first kappa shape index (κ1) is 21.6. The lowest BCUT2D eigenvalue weighted by atomic mass is 10.1. The highest BCUT2D eigenvalue weighted by molar-refractivity contribution is 5.94. The number of nitrogens with one attached hydrogen (secondary N) is 1. The van der Waals surface area contributed by atoms with Crippen LogP contribution in [0.25, 0.3) is 0 Å². The van der Waals surface area contributed by atoms with Crippen molar-refractivity contribution in [2.75, 3.05) is 19.8 Å². The summed E-state index contributed by atoms with van der Waals surface area (Å²) in [6.07, 6.45) is 1.89. The number of benzene rings is 2. The second-order valence-electron chi connectivity index (χ2n) is 6.70. The van der Waals surface area contributed by atoms with Gasteiger partial charge in [-0.05, 0) is 76.4 Å². The van der Waals surface area contributed by atoms with Crippen molar-refractivity contribution < 1.29 is 19.0 Å². The summed E-state index contributed by atoms with van der Waals surface area (Å²) < 4.78 is 16.8. The third-order valence-electron chi connectivity index (χ3n) is 4.00. The zero-order chi connectivity index (χ0) is 20.4. The van der Waals surface area contributed by atoms with E-state index in [1.807, 2.05) is 39.8 Å². The van der Waals surface area contributed by atoms with Gasteiger partial charge in [-0.15, -0.1) is 0 Å². The van der Waals surface area contributed by atoms with Gasteiger partial charge in [-0.3, -0.25) is 4.79 Å². The molecule has 0 bridgehead atoms. The first-order valence-electron chi connectivity index (χ1n) is 9.96. The van der Waals surface area contributed by atoms with E-state index in [0.29, 0.717) is 36.8 Å². The quantitative estimate of drug-likeness (QED) is 0.573. The minimum absolute atomic E-state index is 0.110. The molecule has 2 aromatic rings. The summed E-state index contributed by atoms with van der Waals surface area (Å²) in [5.41, 5.74) is 1.77. The second-order valence-corrected chi connectivity index (χ2v) is 6.70. The maximum absolute atomic E-state index is 12.4. The smallest absolute Gasteiger partial charge is 0.251 e. The van der Waals surface area contributed by atoms with Crippen LogP contribution in [0.15, 0.2) is 42.5 Å². The Balaban J connectivity index is 1.86. The van der Waals surface area contributed by atoms with E-state index in [1.54, 1.807) is 18.2 Å². The van der Waals surface area contributed by atoms with Gasteiger partial charge in [0.15, 0.2) is 11.5 Å². The van der Waals surface area contributed by atoms with Crippen LogP contribution in [0.1, 0.15) is 50.0 Å². The molecule has 0 aliphatic carbocycles. The summed E-state index contributed by atoms with van der Waals surface area (Å²) in [4.78, 5) is 12.4. The van der Waals surface area contributed by atoms with Crippen LogP contribution in [0.2, 0.25) is 0 Å². The van der Waals surface area contributed by atoms with Crippen LogP contribution in [-0.2, 0) is 6.42 Å². The topological polar surface area (TPSA) is 56.8 Å². The van der Waals surface area contributed by atoms with Gasteiger partial charge < -0.3 is 19.5 Å². The molecule has 0 unspecified atom stereocenters. The number of rotatable bonds is 11. The van der Waals surface area contributed by atoms with Gasteiger partial charge in [-0.25, -0.2) is 0 Å². The van der Waals surface area contributed by atoms with Gasteiger partial charge in [-0.2, -0.15) is 0 Å². The van der Waals surface area contributed by atoms with Crippen molar-refractivity contribution in [3.05, 3.63) is 53.6 Å². The summed E-state index contributed by atoms with van der Waals surface area (Å²) in [6, 6.07) is 13.4. The first-order valence-corrected chi connectivity index (χ1v) is 9.96. The molecule has 1 N–H and O–H groups in total. The van der Waals surface area contributed by atoms with E-state index in [-0.39, 0.29) is 12.0 Å². The highest BCUT2D eigenvalue weighted by Crippen LogP contribution is 2.28. The molecular weight excluding hydrogens is 354 g/mol. The number of hydrogen-bond donors (Lipinski definition) is 1. The Hall–Kier alpha value is -2.69. The molecule has 0 saturated carbocycles. The number of hydrogen-bond acceptors (Lipinski definition) is 4. The van der Waals surface area contributed by atoms with E-state index in [1.165, 1.54) is 5.56 Å². The van der Waals surface area contributed by atoms with E-state index >= 15 is 0 Å². The molecule has 0 atom stereocenters. The van der Waals surface area contributed by atoms with E-state index in [0.717, 1.165) is 18.6 Å². The highest BCUT2D eigenvalue weighted by Gasteiger charge is 2.11. The monoisotopic (exact) mass is 385 g/mol. The SMILES string of the molecule is CCOc1ccc(C(=O)NCCCc2cccc(OC(C)C)c2)cc1OCC. The number of aryl methyl sites for hydroxylation is 1. The van der Waals surface area contributed by atoms with Crippen molar-refractivity contribution in [3.8, 4) is 17.2 Å². The summed E-state index contributed by atoms with van der Waals surface area (Å²) in [6.45, 7) is 9.52. The fourth-order valence-electron chi connectivity index (χ4n) is 2.84. The minimum Gasteiger partial charge on any atom is -0.491 e. The van der Waals surface area contributed by atoms with Crippen molar-refractivity contribution in [3.63, 3.8) is 0 Å². The number of carbonyl (C=O) groups excluding carboxylic acids is 1.